The molecule has 5 N–H and O–H groups in total. The molecule has 2 unspecified atom stereocenters. The van der Waals surface area contributed by atoms with E-state index < -0.39 is 24.1 Å². The van der Waals surface area contributed by atoms with E-state index in [1.165, 1.54) is 15.4 Å². The van der Waals surface area contributed by atoms with Gasteiger partial charge in [0.15, 0.2) is 12.2 Å². The lowest BCUT2D eigenvalue weighted by molar-refractivity contribution is -0.165. The highest BCUT2D eigenvalue weighted by Crippen LogP contribution is 2.39. The monoisotopic (exact) mass is 462 g/mol. The van der Waals surface area contributed by atoms with Crippen LogP contribution in [0.25, 0.3) is 0 Å². The number of piperazine rings is 1. The van der Waals surface area contributed by atoms with E-state index in [2.05, 4.69) is 59.4 Å². The van der Waals surface area contributed by atoms with Gasteiger partial charge in [0.1, 0.15) is 10.8 Å². The molecular formula is C21H26N4O6S. The van der Waals surface area contributed by atoms with Crippen LogP contribution in [0, 0.1) is 6.92 Å². The van der Waals surface area contributed by atoms with Gasteiger partial charge in [-0.05, 0) is 32.2 Å². The van der Waals surface area contributed by atoms with Gasteiger partial charge in [-0.25, -0.2) is 14.6 Å². The maximum absolute atomic E-state index is 9.77. The normalized spacial score (nSPS) is 17.4. The topological polar surface area (TPSA) is 146 Å². The molecule has 0 radical (unpaired) electrons. The number of thiophene rings is 1. The zero-order valence-corrected chi connectivity index (χ0v) is 18.5. The van der Waals surface area contributed by atoms with Crippen molar-refractivity contribution in [2.75, 3.05) is 38.5 Å². The molecule has 2 aliphatic rings. The first-order valence-electron chi connectivity index (χ1n) is 9.98. The van der Waals surface area contributed by atoms with E-state index in [9.17, 15) is 9.59 Å². The minimum atomic E-state index is -2.27. The molecule has 11 heteroatoms. The minimum absolute atomic E-state index is 1.03. The summed E-state index contributed by atoms with van der Waals surface area (Å²) in [5.41, 5.74) is 3.36. The predicted octanol–water partition coefficient (Wildman–Crippen LogP) is 1.32. The number of aliphatic carboxylic acids is 2. The molecule has 0 bridgehead atoms. The minimum Gasteiger partial charge on any atom is -0.479 e. The van der Waals surface area contributed by atoms with Gasteiger partial charge in [0, 0.05) is 31.1 Å². The van der Waals surface area contributed by atoms with E-state index in [0.717, 1.165) is 43.4 Å². The molecule has 32 heavy (non-hydrogen) atoms. The van der Waals surface area contributed by atoms with Crippen LogP contribution in [0.4, 0.5) is 16.4 Å². The van der Waals surface area contributed by atoms with Gasteiger partial charge in [-0.2, -0.15) is 0 Å². The van der Waals surface area contributed by atoms with Crippen molar-refractivity contribution in [2.45, 2.75) is 19.1 Å². The van der Waals surface area contributed by atoms with E-state index in [1.54, 1.807) is 11.3 Å². The van der Waals surface area contributed by atoms with Crippen molar-refractivity contribution in [2.24, 2.45) is 4.99 Å². The molecule has 0 amide bonds. The molecule has 0 saturated carbocycles. The lowest BCUT2D eigenvalue weighted by atomic mass is 10.2. The fourth-order valence-electron chi connectivity index (χ4n) is 3.28. The van der Waals surface area contributed by atoms with Crippen LogP contribution in [0.1, 0.15) is 10.4 Å². The highest BCUT2D eigenvalue weighted by molar-refractivity contribution is 7.16. The van der Waals surface area contributed by atoms with Crippen LogP contribution in [-0.4, -0.2) is 93.4 Å². The van der Waals surface area contributed by atoms with Crippen molar-refractivity contribution in [1.29, 1.82) is 0 Å². The third-order valence-electron chi connectivity index (χ3n) is 5.08. The maximum atomic E-state index is 9.77. The molecule has 2 atom stereocenters. The molecule has 0 aliphatic carbocycles. The van der Waals surface area contributed by atoms with E-state index in [1.807, 2.05) is 0 Å². The highest BCUT2D eigenvalue weighted by atomic mass is 32.1. The number of rotatable bonds is 3. The second-order valence-corrected chi connectivity index (χ2v) is 8.79. The smallest absolute Gasteiger partial charge is 0.335 e. The van der Waals surface area contributed by atoms with Gasteiger partial charge in [0.05, 0.1) is 16.9 Å². The molecule has 0 spiro atoms. The Morgan fingerprint density at radius 1 is 1.06 bits per heavy atom. The van der Waals surface area contributed by atoms with Gasteiger partial charge in [0.2, 0.25) is 0 Å². The Morgan fingerprint density at radius 3 is 2.25 bits per heavy atom. The van der Waals surface area contributed by atoms with Crippen molar-refractivity contribution in [3.63, 3.8) is 0 Å². The zero-order chi connectivity index (χ0) is 23.4. The van der Waals surface area contributed by atoms with E-state index in [0.29, 0.717) is 0 Å². The fourth-order valence-corrected chi connectivity index (χ4v) is 4.20. The van der Waals surface area contributed by atoms with E-state index >= 15 is 0 Å². The molecule has 1 aromatic carbocycles. The maximum Gasteiger partial charge on any atom is 0.335 e. The fraction of sp³-hybridized carbons (Fsp3) is 0.381. The van der Waals surface area contributed by atoms with Crippen LogP contribution in [-0.2, 0) is 9.59 Å². The van der Waals surface area contributed by atoms with Crippen LogP contribution in [0.2, 0.25) is 0 Å². The molecule has 3 heterocycles. The van der Waals surface area contributed by atoms with E-state index in [-0.39, 0.29) is 0 Å². The summed E-state index contributed by atoms with van der Waals surface area (Å²) < 4.78 is 0. The summed E-state index contributed by atoms with van der Waals surface area (Å²) in [6.07, 6.45) is -4.53. The number of carbonyl (C=O) groups is 2. The average Bonchev–Trinajstić information content (AvgIpc) is 3.05. The molecule has 10 nitrogen and oxygen atoms in total. The number of aliphatic hydroxyl groups is 2. The number of likely N-dealkylation sites (N-methyl/N-ethyl adjacent to an activating group) is 1. The molecule has 1 fully saturated rings. The Balaban J connectivity index is 0.000000247. The molecular weight excluding hydrogens is 436 g/mol. The summed E-state index contributed by atoms with van der Waals surface area (Å²) in [4.78, 5) is 30.7. The number of nitrogens with zero attached hydrogens (tertiary/aromatic N) is 3. The largest absolute Gasteiger partial charge is 0.479 e. The Bertz CT molecular complexity index is 997. The number of hydrogen-bond acceptors (Lipinski definition) is 9. The Labute approximate surface area is 189 Å². The Morgan fingerprint density at radius 2 is 1.66 bits per heavy atom. The number of anilines is 2. The summed E-state index contributed by atoms with van der Waals surface area (Å²) in [6, 6.07) is 10.6. The van der Waals surface area contributed by atoms with Crippen molar-refractivity contribution in [3.05, 3.63) is 40.8 Å². The standard InChI is InChI=1S/C17H20N4S.C4H6O6/c1-12-11-13-16(21-9-7-20(2)8-10-21)18-14-5-3-4-6-15(14)19-17(13)22-12;5-1(3(7)8)2(6)4(9)10/h3-6,11,19H,7-10H2,1-2H3;1-2,5-6H,(H,7,8)(H,9,10). The third-order valence-corrected chi connectivity index (χ3v) is 6.05. The van der Waals surface area contributed by atoms with Crippen molar-refractivity contribution < 1.29 is 30.0 Å². The summed E-state index contributed by atoms with van der Waals surface area (Å²) >= 11 is 1.81. The number of aliphatic imine (C=N–C) groups is 1. The first kappa shape index (κ1) is 23.7. The lowest BCUT2D eigenvalue weighted by Gasteiger charge is -2.34. The number of benzene rings is 1. The number of aryl methyl sites for hydroxylation is 1. The van der Waals surface area contributed by atoms with Gasteiger partial charge >= 0.3 is 11.9 Å². The van der Waals surface area contributed by atoms with Gasteiger partial charge in [-0.15, -0.1) is 11.3 Å². The number of carboxylic acids is 2. The molecule has 2 aromatic rings. The van der Waals surface area contributed by atoms with Crippen LogP contribution in [0.15, 0.2) is 35.3 Å². The summed E-state index contributed by atoms with van der Waals surface area (Å²) in [6.45, 7) is 6.41. The second kappa shape index (κ2) is 10.1. The van der Waals surface area contributed by atoms with Crippen LogP contribution in [0.3, 0.4) is 0 Å². The van der Waals surface area contributed by atoms with Crippen molar-refractivity contribution in [1.82, 2.24) is 9.80 Å². The molecule has 1 aromatic heterocycles. The Kier molecular flexibility index (Phi) is 7.46. The van der Waals surface area contributed by atoms with Gasteiger partial charge in [-0.1, -0.05) is 12.1 Å². The quantitative estimate of drug-likeness (QED) is 0.456. The van der Waals surface area contributed by atoms with Gasteiger partial charge in [0.25, 0.3) is 0 Å². The first-order valence-corrected chi connectivity index (χ1v) is 10.8. The number of nitrogens with one attached hydrogen (secondary N) is 1. The van der Waals surface area contributed by atoms with E-state index in [4.69, 9.17) is 25.4 Å². The number of carboxylic acid groups (broad SMARTS) is 2. The number of hydrogen-bond donors (Lipinski definition) is 5. The highest BCUT2D eigenvalue weighted by Gasteiger charge is 2.29. The van der Waals surface area contributed by atoms with Crippen LogP contribution < -0.4 is 5.32 Å². The lowest BCUT2D eigenvalue weighted by Crippen LogP contribution is -2.47. The number of para-hydroxylation sites is 2. The second-order valence-electron chi connectivity index (χ2n) is 7.53. The average molecular weight is 463 g/mol. The molecule has 172 valence electrons. The van der Waals surface area contributed by atoms with Crippen molar-refractivity contribution in [3.8, 4) is 0 Å². The summed E-state index contributed by atoms with van der Waals surface area (Å²) in [5.74, 6) is -2.42. The number of aliphatic hydroxyl groups excluding tert-OH is 2. The summed E-state index contributed by atoms with van der Waals surface area (Å²) in [7, 11) is 2.18. The summed E-state index contributed by atoms with van der Waals surface area (Å²) in [5, 5.41) is 37.3. The third kappa shape index (κ3) is 5.43. The van der Waals surface area contributed by atoms with Crippen LogP contribution >= 0.6 is 11.3 Å². The van der Waals surface area contributed by atoms with Crippen molar-refractivity contribution >= 4 is 45.5 Å². The Hall–Kier alpha value is -2.99. The number of amidine groups is 1. The molecule has 4 rings (SSSR count). The molecule has 2 aliphatic heterocycles. The van der Waals surface area contributed by atoms with Gasteiger partial charge < -0.3 is 35.5 Å². The van der Waals surface area contributed by atoms with Crippen LogP contribution in [0.5, 0.6) is 0 Å². The first-order chi connectivity index (χ1) is 15.2. The number of fused-ring (bicyclic) bond motifs is 2. The zero-order valence-electron chi connectivity index (χ0n) is 17.7. The molecule has 1 saturated heterocycles. The van der Waals surface area contributed by atoms with Gasteiger partial charge in [-0.3, -0.25) is 0 Å². The predicted molar refractivity (Wildman–Crippen MR) is 121 cm³/mol. The SMILES string of the molecule is Cc1cc2c(s1)Nc1ccccc1N=C2N1CCN(C)CC1.O=C(O)C(O)C(O)C(=O)O.